The lowest BCUT2D eigenvalue weighted by Crippen LogP contribution is -2.46. The van der Waals surface area contributed by atoms with Crippen molar-refractivity contribution in [2.45, 2.75) is 50.7 Å². The highest BCUT2D eigenvalue weighted by Crippen LogP contribution is 2.30. The third kappa shape index (κ3) is 4.10. The molecule has 1 saturated carbocycles. The fourth-order valence-electron chi connectivity index (χ4n) is 3.44. The Hall–Kier alpha value is -2.57. The van der Waals surface area contributed by atoms with Gasteiger partial charge in [0.05, 0.1) is 18.0 Å². The molecule has 3 N–H and O–H groups in total. The van der Waals surface area contributed by atoms with Crippen molar-refractivity contribution in [3.8, 4) is 5.75 Å². The molecular formula is C18H22N2O5. The van der Waals surface area contributed by atoms with Crippen LogP contribution in [0, 0.1) is 5.92 Å². The van der Waals surface area contributed by atoms with Crippen molar-refractivity contribution in [3.05, 3.63) is 24.3 Å². The summed E-state index contributed by atoms with van der Waals surface area (Å²) >= 11 is 0. The zero-order valence-corrected chi connectivity index (χ0v) is 13.9. The van der Waals surface area contributed by atoms with Crippen molar-refractivity contribution in [2.24, 2.45) is 5.92 Å². The predicted molar refractivity (Wildman–Crippen MR) is 90.2 cm³/mol. The molecule has 3 rings (SSSR count). The van der Waals surface area contributed by atoms with Gasteiger partial charge in [-0.25, -0.2) is 0 Å². The van der Waals surface area contributed by atoms with E-state index in [4.69, 9.17) is 4.74 Å². The first-order valence-corrected chi connectivity index (χ1v) is 8.63. The zero-order valence-electron chi connectivity index (χ0n) is 13.9. The van der Waals surface area contributed by atoms with Crippen LogP contribution >= 0.6 is 0 Å². The number of hydrogen-bond donors (Lipinski definition) is 3. The minimum Gasteiger partial charge on any atom is -0.481 e. The molecule has 1 aliphatic heterocycles. The first kappa shape index (κ1) is 17.3. The van der Waals surface area contributed by atoms with E-state index in [9.17, 15) is 19.5 Å². The minimum absolute atomic E-state index is 0.136. The Balaban J connectivity index is 1.62. The van der Waals surface area contributed by atoms with E-state index in [-0.39, 0.29) is 18.2 Å². The van der Waals surface area contributed by atoms with Crippen LogP contribution in [0.15, 0.2) is 24.3 Å². The molecule has 134 valence electrons. The van der Waals surface area contributed by atoms with Crippen LogP contribution in [0.1, 0.15) is 38.5 Å². The number of hydrogen-bond acceptors (Lipinski definition) is 4. The molecule has 7 nitrogen and oxygen atoms in total. The molecule has 1 aromatic rings. The summed E-state index contributed by atoms with van der Waals surface area (Å²) in [5.41, 5.74) is 0.582. The van der Waals surface area contributed by atoms with E-state index in [1.54, 1.807) is 24.3 Å². The largest absolute Gasteiger partial charge is 0.481 e. The smallest absolute Gasteiger partial charge is 0.308 e. The van der Waals surface area contributed by atoms with Crippen LogP contribution in [0.5, 0.6) is 5.75 Å². The van der Waals surface area contributed by atoms with E-state index in [2.05, 4.69) is 10.6 Å². The van der Waals surface area contributed by atoms with Crippen LogP contribution in [0.25, 0.3) is 0 Å². The number of ether oxygens (including phenoxy) is 1. The van der Waals surface area contributed by atoms with Gasteiger partial charge < -0.3 is 20.5 Å². The van der Waals surface area contributed by atoms with Crippen molar-refractivity contribution in [2.75, 3.05) is 5.32 Å². The number of nitrogens with one attached hydrogen (secondary N) is 2. The monoisotopic (exact) mass is 346 g/mol. The molecule has 7 heteroatoms. The number of carboxylic acids is 1. The molecule has 25 heavy (non-hydrogen) atoms. The summed E-state index contributed by atoms with van der Waals surface area (Å²) in [6.45, 7) is 0. The summed E-state index contributed by atoms with van der Waals surface area (Å²) in [5, 5.41) is 14.9. The van der Waals surface area contributed by atoms with E-state index < -0.39 is 24.0 Å². The predicted octanol–water partition coefficient (Wildman–Crippen LogP) is 1.93. The maximum atomic E-state index is 12.4. The van der Waals surface area contributed by atoms with Gasteiger partial charge in [0.1, 0.15) is 5.75 Å². The Kier molecular flexibility index (Phi) is 5.21. The standard InChI is InChI=1S/C18H22N2O5/c21-16(19-12-7-3-1-2-6-11(12)18(23)24)10-15-17(22)20-13-8-4-5-9-14(13)25-15/h4-5,8-9,11-12,15H,1-3,6-7,10H2,(H,19,21)(H,20,22)(H,23,24)/t11-,12+,15?/m1/s1. The van der Waals surface area contributed by atoms with Crippen molar-refractivity contribution in [1.29, 1.82) is 0 Å². The quantitative estimate of drug-likeness (QED) is 0.723. The lowest BCUT2D eigenvalue weighted by molar-refractivity contribution is -0.143. The number of aliphatic carboxylic acids is 1. The molecule has 3 atom stereocenters. The Morgan fingerprint density at radius 3 is 2.76 bits per heavy atom. The van der Waals surface area contributed by atoms with Crippen molar-refractivity contribution in [3.63, 3.8) is 0 Å². The van der Waals surface area contributed by atoms with E-state index in [1.165, 1.54) is 0 Å². The molecule has 2 amide bonds. The summed E-state index contributed by atoms with van der Waals surface area (Å²) in [7, 11) is 0. The highest BCUT2D eigenvalue weighted by molar-refractivity contribution is 6.00. The number of carboxylic acid groups (broad SMARTS) is 1. The van der Waals surface area contributed by atoms with Gasteiger partial charge in [-0.1, -0.05) is 31.4 Å². The molecule has 1 aromatic carbocycles. The number of para-hydroxylation sites is 2. The summed E-state index contributed by atoms with van der Waals surface area (Å²) in [5.74, 6) is -1.67. The third-order valence-electron chi connectivity index (χ3n) is 4.76. The number of benzene rings is 1. The van der Waals surface area contributed by atoms with E-state index >= 15 is 0 Å². The normalized spacial score (nSPS) is 25.8. The summed E-state index contributed by atoms with van der Waals surface area (Å²) in [4.78, 5) is 35.9. The van der Waals surface area contributed by atoms with Gasteiger partial charge in [0.15, 0.2) is 6.10 Å². The van der Waals surface area contributed by atoms with E-state index in [0.29, 0.717) is 24.3 Å². The molecule has 1 fully saturated rings. The molecule has 1 aliphatic carbocycles. The number of fused-ring (bicyclic) bond motifs is 1. The van der Waals surface area contributed by atoms with E-state index in [0.717, 1.165) is 19.3 Å². The summed E-state index contributed by atoms with van der Waals surface area (Å²) in [6, 6.07) is 6.63. The second-order valence-electron chi connectivity index (χ2n) is 6.55. The Morgan fingerprint density at radius 1 is 1.20 bits per heavy atom. The first-order valence-electron chi connectivity index (χ1n) is 8.63. The molecule has 0 radical (unpaired) electrons. The number of carbonyl (C=O) groups is 3. The fourth-order valence-corrected chi connectivity index (χ4v) is 3.44. The lowest BCUT2D eigenvalue weighted by Gasteiger charge is -2.27. The topological polar surface area (TPSA) is 105 Å². The van der Waals surface area contributed by atoms with Crippen LogP contribution in [0.4, 0.5) is 5.69 Å². The van der Waals surface area contributed by atoms with Gasteiger partial charge in [-0.05, 0) is 25.0 Å². The number of carbonyl (C=O) groups excluding carboxylic acids is 2. The third-order valence-corrected chi connectivity index (χ3v) is 4.76. The minimum atomic E-state index is -0.913. The van der Waals surface area contributed by atoms with Crippen LogP contribution in [0.3, 0.4) is 0 Å². The molecule has 2 aliphatic rings. The Morgan fingerprint density at radius 2 is 1.96 bits per heavy atom. The Labute approximate surface area is 145 Å². The Bertz CT molecular complexity index is 675. The lowest BCUT2D eigenvalue weighted by atomic mass is 9.94. The van der Waals surface area contributed by atoms with Gasteiger partial charge in [-0.3, -0.25) is 14.4 Å². The van der Waals surface area contributed by atoms with Gasteiger partial charge >= 0.3 is 5.97 Å². The van der Waals surface area contributed by atoms with Crippen LogP contribution in [-0.4, -0.2) is 35.0 Å². The van der Waals surface area contributed by atoms with Crippen molar-refractivity contribution in [1.82, 2.24) is 5.32 Å². The van der Waals surface area contributed by atoms with Gasteiger partial charge in [-0.2, -0.15) is 0 Å². The second kappa shape index (κ2) is 7.55. The molecule has 0 bridgehead atoms. The van der Waals surface area contributed by atoms with E-state index in [1.807, 2.05) is 0 Å². The average molecular weight is 346 g/mol. The first-order chi connectivity index (χ1) is 12.0. The van der Waals surface area contributed by atoms with Crippen LogP contribution < -0.4 is 15.4 Å². The van der Waals surface area contributed by atoms with Gasteiger partial charge in [-0.15, -0.1) is 0 Å². The second-order valence-corrected chi connectivity index (χ2v) is 6.55. The maximum absolute atomic E-state index is 12.4. The number of anilines is 1. The summed E-state index contributed by atoms with van der Waals surface area (Å²) < 4.78 is 5.61. The molecule has 0 saturated heterocycles. The maximum Gasteiger partial charge on any atom is 0.308 e. The van der Waals surface area contributed by atoms with Crippen molar-refractivity contribution >= 4 is 23.5 Å². The fraction of sp³-hybridized carbons (Fsp3) is 0.500. The highest BCUT2D eigenvalue weighted by atomic mass is 16.5. The molecule has 0 spiro atoms. The average Bonchev–Trinajstić information content (AvgIpc) is 2.81. The summed E-state index contributed by atoms with van der Waals surface area (Å²) in [6.07, 6.45) is 2.88. The zero-order chi connectivity index (χ0) is 17.8. The van der Waals surface area contributed by atoms with Crippen LogP contribution in [-0.2, 0) is 14.4 Å². The molecule has 0 aromatic heterocycles. The van der Waals surface area contributed by atoms with Gasteiger partial charge in [0, 0.05) is 6.04 Å². The van der Waals surface area contributed by atoms with Gasteiger partial charge in [0.2, 0.25) is 5.91 Å². The van der Waals surface area contributed by atoms with Crippen molar-refractivity contribution < 1.29 is 24.2 Å². The molecule has 1 heterocycles. The SMILES string of the molecule is O=C(CC1Oc2ccccc2NC1=O)N[C@H]1CCCCC[C@H]1C(=O)O. The highest BCUT2D eigenvalue weighted by Gasteiger charge is 2.33. The molecular weight excluding hydrogens is 324 g/mol. The van der Waals surface area contributed by atoms with Gasteiger partial charge in [0.25, 0.3) is 5.91 Å². The molecule has 1 unspecified atom stereocenters. The number of amides is 2. The van der Waals surface area contributed by atoms with Crippen LogP contribution in [0.2, 0.25) is 0 Å². The number of rotatable bonds is 4.